The lowest BCUT2D eigenvalue weighted by Crippen LogP contribution is -2.42. The maximum Gasteiger partial charge on any atom is 0.417 e. The summed E-state index contributed by atoms with van der Waals surface area (Å²) in [4.78, 5) is 11.0. The molecule has 1 aromatic heterocycles. The molecule has 1 saturated heterocycles. The highest BCUT2D eigenvalue weighted by Crippen LogP contribution is 2.37. The Morgan fingerprint density at radius 2 is 2.07 bits per heavy atom. The summed E-state index contributed by atoms with van der Waals surface area (Å²) in [6.45, 7) is 1.65. The van der Waals surface area contributed by atoms with E-state index >= 15 is 0 Å². The van der Waals surface area contributed by atoms with Gasteiger partial charge in [-0.3, -0.25) is 4.79 Å². The molecule has 3 N–H and O–H groups in total. The van der Waals surface area contributed by atoms with Crippen LogP contribution in [0.5, 0.6) is 0 Å². The highest BCUT2D eigenvalue weighted by atomic mass is 19.4. The number of aliphatic carboxylic acids is 1. The number of rotatable bonds is 6. The second-order valence-electron chi connectivity index (χ2n) is 6.66. The minimum atomic E-state index is -4.47. The first kappa shape index (κ1) is 19.9. The zero-order valence-electron chi connectivity index (χ0n) is 14.9. The van der Waals surface area contributed by atoms with Crippen LogP contribution in [0.1, 0.15) is 17.7 Å². The number of hydrogen-bond donors (Lipinski definition) is 3. The van der Waals surface area contributed by atoms with Gasteiger partial charge in [0, 0.05) is 18.7 Å². The molecule has 1 fully saturated rings. The number of carboxylic acids is 1. The van der Waals surface area contributed by atoms with Crippen LogP contribution in [0.3, 0.4) is 0 Å². The van der Waals surface area contributed by atoms with Gasteiger partial charge in [-0.15, -0.1) is 0 Å². The maximum atomic E-state index is 13.1. The lowest BCUT2D eigenvalue weighted by atomic mass is 9.91. The van der Waals surface area contributed by atoms with Crippen molar-refractivity contribution < 1.29 is 27.5 Å². The molecule has 3 rings (SSSR count). The molecule has 2 aromatic rings. The van der Waals surface area contributed by atoms with Gasteiger partial charge in [-0.25, -0.2) is 0 Å². The smallest absolute Gasteiger partial charge is 0.417 e. The number of piperidine rings is 1. The molecule has 2 atom stereocenters. The summed E-state index contributed by atoms with van der Waals surface area (Å²) in [5.41, 5.74) is 2.05. The number of benzene rings is 1. The number of hydrazone groups is 1. The molecule has 1 aliphatic heterocycles. The molecule has 0 saturated carbocycles. The first-order valence-corrected chi connectivity index (χ1v) is 8.80. The molecule has 0 radical (unpaired) electrons. The Morgan fingerprint density at radius 3 is 2.82 bits per heavy atom. The number of alkyl halides is 3. The van der Waals surface area contributed by atoms with Crippen molar-refractivity contribution in [2.45, 2.75) is 12.6 Å². The van der Waals surface area contributed by atoms with Gasteiger partial charge in [-0.1, -0.05) is 18.2 Å². The predicted octanol–water partition coefficient (Wildman–Crippen LogP) is 3.20. The van der Waals surface area contributed by atoms with E-state index < -0.39 is 23.6 Å². The quantitative estimate of drug-likeness (QED) is 0.517. The average Bonchev–Trinajstić information content (AvgIpc) is 3.14. The van der Waals surface area contributed by atoms with Gasteiger partial charge >= 0.3 is 12.1 Å². The fourth-order valence-corrected chi connectivity index (χ4v) is 3.18. The van der Waals surface area contributed by atoms with Crippen LogP contribution in [0, 0.1) is 11.8 Å². The second kappa shape index (κ2) is 8.47. The van der Waals surface area contributed by atoms with E-state index in [4.69, 9.17) is 9.52 Å². The first-order chi connectivity index (χ1) is 13.3. The van der Waals surface area contributed by atoms with Gasteiger partial charge in [0.05, 0.1) is 17.7 Å². The molecule has 1 aliphatic rings. The molecular weight excluding hydrogens is 375 g/mol. The molecule has 0 spiro atoms. The van der Waals surface area contributed by atoms with E-state index in [2.05, 4.69) is 15.8 Å². The molecule has 1 aromatic carbocycles. The van der Waals surface area contributed by atoms with E-state index in [1.54, 1.807) is 0 Å². The Bertz CT molecular complexity index is 848. The monoisotopic (exact) mass is 395 g/mol. The zero-order chi connectivity index (χ0) is 20.1. The lowest BCUT2D eigenvalue weighted by Gasteiger charge is -2.27. The molecule has 0 aliphatic carbocycles. The molecule has 6 nitrogen and oxygen atoms in total. The summed E-state index contributed by atoms with van der Waals surface area (Å²) in [6.07, 6.45) is -2.53. The third kappa shape index (κ3) is 4.92. The van der Waals surface area contributed by atoms with E-state index in [1.807, 2.05) is 0 Å². The third-order valence-electron chi connectivity index (χ3n) is 4.58. The minimum absolute atomic E-state index is 0.0319. The Kier molecular flexibility index (Phi) is 6.03. The molecule has 150 valence electrons. The van der Waals surface area contributed by atoms with E-state index in [1.165, 1.54) is 36.5 Å². The highest BCUT2D eigenvalue weighted by Gasteiger charge is 2.34. The van der Waals surface area contributed by atoms with E-state index in [9.17, 15) is 18.0 Å². The van der Waals surface area contributed by atoms with Gasteiger partial charge in [0.2, 0.25) is 0 Å². The van der Waals surface area contributed by atoms with E-state index in [-0.39, 0.29) is 17.2 Å². The van der Waals surface area contributed by atoms with Crippen molar-refractivity contribution in [3.8, 4) is 11.3 Å². The van der Waals surface area contributed by atoms with Gasteiger partial charge in [-0.2, -0.15) is 18.3 Å². The lowest BCUT2D eigenvalue weighted by molar-refractivity contribution is -0.142. The number of hydrogen-bond acceptors (Lipinski definition) is 5. The molecule has 0 unspecified atom stereocenters. The molecule has 0 amide bonds. The highest BCUT2D eigenvalue weighted by molar-refractivity contribution is 5.77. The van der Waals surface area contributed by atoms with Crippen LogP contribution in [0.25, 0.3) is 11.3 Å². The summed E-state index contributed by atoms with van der Waals surface area (Å²) in [6, 6.07) is 8.22. The maximum absolute atomic E-state index is 13.1. The predicted molar refractivity (Wildman–Crippen MR) is 96.8 cm³/mol. The fraction of sp³-hybridized carbons (Fsp3) is 0.368. The van der Waals surface area contributed by atoms with Gasteiger partial charge in [0.1, 0.15) is 11.5 Å². The topological polar surface area (TPSA) is 86.9 Å². The van der Waals surface area contributed by atoms with Gasteiger partial charge < -0.3 is 20.3 Å². The molecule has 0 bridgehead atoms. The number of carboxylic acid groups (broad SMARTS) is 1. The number of carbonyl (C=O) groups is 1. The number of halogens is 3. The number of nitrogens with one attached hydrogen (secondary N) is 2. The van der Waals surface area contributed by atoms with Crippen molar-refractivity contribution in [3.05, 3.63) is 47.7 Å². The van der Waals surface area contributed by atoms with Gasteiger partial charge in [-0.05, 0) is 37.1 Å². The first-order valence-electron chi connectivity index (χ1n) is 8.80. The van der Waals surface area contributed by atoms with Crippen molar-refractivity contribution in [2.75, 3.05) is 19.6 Å². The normalized spacial score (nSPS) is 20.4. The Balaban J connectivity index is 1.59. The Labute approximate surface area is 159 Å². The molecule has 28 heavy (non-hydrogen) atoms. The molecule has 9 heteroatoms. The largest absolute Gasteiger partial charge is 0.481 e. The summed E-state index contributed by atoms with van der Waals surface area (Å²) < 4.78 is 44.8. The number of furan rings is 1. The summed E-state index contributed by atoms with van der Waals surface area (Å²) in [5.74, 6) is -0.688. The van der Waals surface area contributed by atoms with Crippen LogP contribution in [0.4, 0.5) is 13.2 Å². The van der Waals surface area contributed by atoms with Crippen LogP contribution < -0.4 is 10.7 Å². The SMILES string of the molecule is O=C(O)[C@H]1CNC[C@@H](CN/N=C/c2ccc(-c3ccccc3C(F)(F)F)o2)C1. The third-order valence-corrected chi connectivity index (χ3v) is 4.58. The van der Waals surface area contributed by atoms with Crippen molar-refractivity contribution in [1.82, 2.24) is 10.7 Å². The fourth-order valence-electron chi connectivity index (χ4n) is 3.18. The molecular formula is C19H20F3N3O3. The van der Waals surface area contributed by atoms with Crippen LogP contribution in [0.15, 0.2) is 45.9 Å². The average molecular weight is 395 g/mol. The van der Waals surface area contributed by atoms with Crippen molar-refractivity contribution in [3.63, 3.8) is 0 Å². The Morgan fingerprint density at radius 1 is 1.29 bits per heavy atom. The number of nitrogens with zero attached hydrogens (tertiary/aromatic N) is 1. The van der Waals surface area contributed by atoms with Crippen molar-refractivity contribution in [2.24, 2.45) is 16.9 Å². The van der Waals surface area contributed by atoms with Gasteiger partial charge in [0.25, 0.3) is 0 Å². The standard InChI is InChI=1S/C19H20F3N3O3/c20-19(21,22)16-4-2-1-3-15(16)17-6-5-14(28-17)11-25-24-9-12-7-13(18(26)27)10-23-8-12/h1-6,11-13,23-24H,7-10H2,(H,26,27)/b25-11+/t12-,13+/m0/s1. The molecule has 2 heterocycles. The summed E-state index contributed by atoms with van der Waals surface area (Å²) >= 11 is 0. The van der Waals surface area contributed by atoms with Crippen molar-refractivity contribution in [1.29, 1.82) is 0 Å². The van der Waals surface area contributed by atoms with Crippen LogP contribution in [-0.2, 0) is 11.0 Å². The van der Waals surface area contributed by atoms with Crippen molar-refractivity contribution >= 4 is 12.2 Å². The summed E-state index contributed by atoms with van der Waals surface area (Å²) in [5, 5.41) is 16.2. The van der Waals surface area contributed by atoms with Crippen LogP contribution in [-0.4, -0.2) is 36.9 Å². The second-order valence-corrected chi connectivity index (χ2v) is 6.66. The summed E-state index contributed by atoms with van der Waals surface area (Å²) in [7, 11) is 0. The van der Waals surface area contributed by atoms with E-state index in [0.29, 0.717) is 31.8 Å². The van der Waals surface area contributed by atoms with Gasteiger partial charge in [0.15, 0.2) is 0 Å². The zero-order valence-corrected chi connectivity index (χ0v) is 14.9. The van der Waals surface area contributed by atoms with E-state index in [0.717, 1.165) is 6.07 Å². The van der Waals surface area contributed by atoms with Crippen LogP contribution >= 0.6 is 0 Å². The van der Waals surface area contributed by atoms with Crippen LogP contribution in [0.2, 0.25) is 0 Å². The minimum Gasteiger partial charge on any atom is -0.481 e. The Hall–Kier alpha value is -2.81.